The van der Waals surface area contributed by atoms with Crippen molar-refractivity contribution in [2.24, 2.45) is 0 Å². The van der Waals surface area contributed by atoms with Crippen LogP contribution in [0.3, 0.4) is 0 Å². The highest BCUT2D eigenvalue weighted by Crippen LogP contribution is 2.21. The lowest BCUT2D eigenvalue weighted by Gasteiger charge is -2.31. The number of sulfonamides is 1. The molecule has 2 aliphatic rings. The topological polar surface area (TPSA) is 112 Å². The molecule has 1 aromatic rings. The molecule has 0 unspecified atom stereocenters. The number of carbonyl (C=O) groups excluding carboxylic acids is 2. The quantitative estimate of drug-likeness (QED) is 0.596. The van der Waals surface area contributed by atoms with Gasteiger partial charge in [-0.05, 0) is 32.0 Å². The maximum atomic E-state index is 12.7. The van der Waals surface area contributed by atoms with Gasteiger partial charge < -0.3 is 10.2 Å². The molecule has 1 saturated heterocycles. The van der Waals surface area contributed by atoms with Gasteiger partial charge in [-0.2, -0.15) is 4.31 Å². The van der Waals surface area contributed by atoms with E-state index in [4.69, 9.17) is 0 Å². The van der Waals surface area contributed by atoms with Gasteiger partial charge >= 0.3 is 6.03 Å². The first-order chi connectivity index (χ1) is 14.3. The maximum Gasteiger partial charge on any atom is 0.321 e. The number of rotatable bonds is 7. The molecule has 166 valence electrons. The van der Waals surface area contributed by atoms with E-state index in [2.05, 4.69) is 20.5 Å². The Balaban J connectivity index is 1.42. The number of piperazine rings is 1. The van der Waals surface area contributed by atoms with Crippen molar-refractivity contribution in [2.45, 2.75) is 48.1 Å². The van der Waals surface area contributed by atoms with Crippen LogP contribution in [-0.4, -0.2) is 79.6 Å². The van der Waals surface area contributed by atoms with Gasteiger partial charge in [0.25, 0.3) is 0 Å². The third-order valence-corrected chi connectivity index (χ3v) is 8.16. The summed E-state index contributed by atoms with van der Waals surface area (Å²) in [6.45, 7) is 2.36. The van der Waals surface area contributed by atoms with Crippen LogP contribution >= 0.6 is 11.8 Å². The predicted molar refractivity (Wildman–Crippen MR) is 115 cm³/mol. The van der Waals surface area contributed by atoms with E-state index in [9.17, 15) is 18.0 Å². The fraction of sp³-hybridized carbons (Fsp3) is 0.632. The number of nitrogens with one attached hydrogen (secondary N) is 2. The second-order valence-corrected chi connectivity index (χ2v) is 10.7. The molecule has 1 saturated carbocycles. The van der Waals surface area contributed by atoms with Crippen molar-refractivity contribution in [1.82, 2.24) is 24.8 Å². The highest BCUT2D eigenvalue weighted by molar-refractivity contribution is 7.99. The van der Waals surface area contributed by atoms with Crippen molar-refractivity contribution in [2.75, 3.05) is 39.0 Å². The van der Waals surface area contributed by atoms with Gasteiger partial charge in [-0.3, -0.25) is 10.1 Å². The Morgan fingerprint density at radius 1 is 1.17 bits per heavy atom. The zero-order valence-corrected chi connectivity index (χ0v) is 18.8. The molecular weight excluding hydrogens is 426 g/mol. The van der Waals surface area contributed by atoms with Crippen molar-refractivity contribution in [1.29, 1.82) is 0 Å². The molecule has 3 amide bonds. The number of hydrogen-bond donors (Lipinski definition) is 2. The molecule has 0 aromatic carbocycles. The molecule has 2 fully saturated rings. The first-order valence-corrected chi connectivity index (χ1v) is 12.6. The van der Waals surface area contributed by atoms with Crippen LogP contribution in [-0.2, 0) is 14.8 Å². The number of likely N-dealkylation sites (N-methyl/N-ethyl adjacent to an activating group) is 1. The van der Waals surface area contributed by atoms with Gasteiger partial charge in [0, 0.05) is 50.6 Å². The summed E-state index contributed by atoms with van der Waals surface area (Å²) in [6, 6.07) is 2.93. The summed E-state index contributed by atoms with van der Waals surface area (Å²) < 4.78 is 26.9. The summed E-state index contributed by atoms with van der Waals surface area (Å²) >= 11 is 1.35. The maximum absolute atomic E-state index is 12.7. The zero-order valence-electron chi connectivity index (χ0n) is 17.2. The predicted octanol–water partition coefficient (Wildman–Crippen LogP) is 1.27. The highest BCUT2D eigenvalue weighted by Gasteiger charge is 2.27. The Labute approximate surface area is 182 Å². The van der Waals surface area contributed by atoms with Crippen LogP contribution in [0.1, 0.15) is 32.1 Å². The summed E-state index contributed by atoms with van der Waals surface area (Å²) in [5.41, 5.74) is 0. The minimum absolute atomic E-state index is 0.164. The van der Waals surface area contributed by atoms with Crippen LogP contribution < -0.4 is 10.6 Å². The number of carbonyl (C=O) groups is 2. The van der Waals surface area contributed by atoms with Gasteiger partial charge in [-0.15, -0.1) is 11.8 Å². The Bertz CT molecular complexity index is 833. The smallest absolute Gasteiger partial charge is 0.321 e. The summed E-state index contributed by atoms with van der Waals surface area (Å²) in [5, 5.41) is 5.80. The van der Waals surface area contributed by atoms with E-state index in [-0.39, 0.29) is 23.3 Å². The van der Waals surface area contributed by atoms with Crippen LogP contribution in [0.15, 0.2) is 28.3 Å². The molecule has 0 spiro atoms. The number of imide groups is 1. The average Bonchev–Trinajstić information content (AvgIpc) is 3.21. The van der Waals surface area contributed by atoms with Gasteiger partial charge in [0.1, 0.15) is 4.90 Å². The zero-order chi connectivity index (χ0) is 21.6. The first kappa shape index (κ1) is 23.0. The molecule has 1 aliphatic heterocycles. The van der Waals surface area contributed by atoms with Crippen molar-refractivity contribution < 1.29 is 18.0 Å². The van der Waals surface area contributed by atoms with Gasteiger partial charge in [-0.1, -0.05) is 12.8 Å². The van der Waals surface area contributed by atoms with Gasteiger partial charge in [0.15, 0.2) is 0 Å². The highest BCUT2D eigenvalue weighted by atomic mass is 32.2. The molecule has 1 aliphatic carbocycles. The normalized spacial score (nSPS) is 19.0. The van der Waals surface area contributed by atoms with E-state index in [1.165, 1.54) is 22.3 Å². The van der Waals surface area contributed by atoms with E-state index in [0.29, 0.717) is 37.0 Å². The number of amides is 3. The number of hydrogen-bond acceptors (Lipinski definition) is 7. The van der Waals surface area contributed by atoms with Crippen LogP contribution in [0, 0.1) is 0 Å². The fourth-order valence-corrected chi connectivity index (χ4v) is 5.67. The molecule has 11 heteroatoms. The Morgan fingerprint density at radius 2 is 1.87 bits per heavy atom. The number of aromatic nitrogens is 1. The van der Waals surface area contributed by atoms with Crippen LogP contribution in [0.4, 0.5) is 4.79 Å². The van der Waals surface area contributed by atoms with E-state index >= 15 is 0 Å². The Hall–Kier alpha value is -1.69. The fourth-order valence-electron chi connectivity index (χ4n) is 3.51. The van der Waals surface area contributed by atoms with Crippen LogP contribution in [0.25, 0.3) is 0 Å². The number of thioether (sulfide) groups is 1. The van der Waals surface area contributed by atoms with Crippen molar-refractivity contribution >= 4 is 33.7 Å². The number of nitrogens with zero attached hydrogens (tertiary/aromatic N) is 3. The standard InChI is InChI=1S/C19H29N5O4S2/c1-23-9-11-24(12-10-23)30(27,28)16-6-7-18(20-14-16)29-13-8-17(25)22-19(26)21-15-4-2-3-5-15/h6-7,14-15H,2-5,8-13H2,1H3,(H2,21,22,25,26). The van der Waals surface area contributed by atoms with Crippen molar-refractivity contribution in [3.05, 3.63) is 18.3 Å². The number of pyridine rings is 1. The SMILES string of the molecule is CN1CCN(S(=O)(=O)c2ccc(SCCC(=O)NC(=O)NC3CCCC3)nc2)CC1. The molecule has 1 aromatic heterocycles. The summed E-state index contributed by atoms with van der Waals surface area (Å²) in [5.74, 6) is 0.104. The molecule has 0 radical (unpaired) electrons. The molecule has 2 heterocycles. The minimum Gasteiger partial charge on any atom is -0.335 e. The third kappa shape index (κ3) is 6.40. The largest absolute Gasteiger partial charge is 0.335 e. The molecule has 0 atom stereocenters. The minimum atomic E-state index is -3.53. The Morgan fingerprint density at radius 3 is 2.50 bits per heavy atom. The van der Waals surface area contributed by atoms with Crippen molar-refractivity contribution in [3.8, 4) is 0 Å². The first-order valence-electron chi connectivity index (χ1n) is 10.2. The summed E-state index contributed by atoms with van der Waals surface area (Å²) in [6.07, 6.45) is 5.68. The summed E-state index contributed by atoms with van der Waals surface area (Å²) in [4.78, 5) is 30.2. The monoisotopic (exact) mass is 455 g/mol. The molecule has 30 heavy (non-hydrogen) atoms. The van der Waals surface area contributed by atoms with Gasteiger partial charge in [0.2, 0.25) is 15.9 Å². The summed E-state index contributed by atoms with van der Waals surface area (Å²) in [7, 11) is -1.56. The van der Waals surface area contributed by atoms with Crippen LogP contribution in [0.2, 0.25) is 0 Å². The van der Waals surface area contributed by atoms with E-state index in [1.54, 1.807) is 12.1 Å². The molecule has 2 N–H and O–H groups in total. The molecule has 9 nitrogen and oxygen atoms in total. The average molecular weight is 456 g/mol. The number of urea groups is 1. The second-order valence-electron chi connectivity index (χ2n) is 7.64. The lowest BCUT2D eigenvalue weighted by molar-refractivity contribution is -0.119. The second kappa shape index (κ2) is 10.6. The van der Waals surface area contributed by atoms with E-state index in [1.807, 2.05) is 7.05 Å². The van der Waals surface area contributed by atoms with E-state index in [0.717, 1.165) is 25.7 Å². The molecule has 3 rings (SSSR count). The van der Waals surface area contributed by atoms with Gasteiger partial charge in [0.05, 0.1) is 5.03 Å². The third-order valence-electron chi connectivity index (χ3n) is 5.33. The Kier molecular flexibility index (Phi) is 8.09. The lowest BCUT2D eigenvalue weighted by atomic mass is 10.2. The molecule has 0 bridgehead atoms. The van der Waals surface area contributed by atoms with E-state index < -0.39 is 16.1 Å². The lowest BCUT2D eigenvalue weighted by Crippen LogP contribution is -2.47. The molecular formula is C19H29N5O4S2. The van der Waals surface area contributed by atoms with Crippen molar-refractivity contribution in [3.63, 3.8) is 0 Å². The van der Waals surface area contributed by atoms with Crippen LogP contribution in [0.5, 0.6) is 0 Å². The van der Waals surface area contributed by atoms with Gasteiger partial charge in [-0.25, -0.2) is 18.2 Å².